The first-order valence-electron chi connectivity index (χ1n) is 10.6. The fourth-order valence-corrected chi connectivity index (χ4v) is 5.43. The largest absolute Gasteiger partial charge is 0.382 e. The van der Waals surface area contributed by atoms with E-state index in [1.54, 1.807) is 6.92 Å². The van der Waals surface area contributed by atoms with Crippen molar-refractivity contribution in [1.29, 1.82) is 0 Å². The number of carbonyl (C=O) groups excluding carboxylic acids is 2. The molecule has 1 unspecified atom stereocenters. The van der Waals surface area contributed by atoms with Crippen molar-refractivity contribution in [1.82, 2.24) is 15.1 Å². The zero-order valence-electron chi connectivity index (χ0n) is 18.1. The highest BCUT2D eigenvalue weighted by Crippen LogP contribution is 2.62. The van der Waals surface area contributed by atoms with Gasteiger partial charge in [0, 0.05) is 6.54 Å². The minimum atomic E-state index is -0.779. The highest BCUT2D eigenvalue weighted by molar-refractivity contribution is 6.32. The maximum Gasteiger partial charge on any atom is 0.288 e. The van der Waals surface area contributed by atoms with Crippen LogP contribution < -0.4 is 21.9 Å². The lowest BCUT2D eigenvalue weighted by Gasteiger charge is -2.62. The number of nitrogens with two attached hydrogens (primary N) is 1. The first-order chi connectivity index (χ1) is 14.1. The summed E-state index contributed by atoms with van der Waals surface area (Å²) in [7, 11) is 0. The molecule has 1 aromatic rings. The second kappa shape index (κ2) is 8.57. The van der Waals surface area contributed by atoms with E-state index < -0.39 is 23.4 Å². The van der Waals surface area contributed by atoms with E-state index in [0.29, 0.717) is 29.4 Å². The van der Waals surface area contributed by atoms with E-state index in [9.17, 15) is 14.4 Å². The number of anilines is 1. The zero-order chi connectivity index (χ0) is 22.2. The van der Waals surface area contributed by atoms with Gasteiger partial charge in [0.2, 0.25) is 11.8 Å². The first-order valence-corrected chi connectivity index (χ1v) is 11.0. The Morgan fingerprint density at radius 2 is 2.10 bits per heavy atom. The summed E-state index contributed by atoms with van der Waals surface area (Å²) in [6.07, 6.45) is 4.34. The summed E-state index contributed by atoms with van der Waals surface area (Å²) in [6, 6.07) is -0.779. The molecule has 3 saturated carbocycles. The molecule has 3 fully saturated rings. The van der Waals surface area contributed by atoms with Crippen molar-refractivity contribution in [3.05, 3.63) is 21.6 Å². The number of hydrogen-bond acceptors (Lipinski definition) is 5. The fourth-order valence-electron chi connectivity index (χ4n) is 5.22. The fraction of sp³-hybridized carbons (Fsp3) is 0.714. The van der Waals surface area contributed by atoms with Gasteiger partial charge in [-0.1, -0.05) is 39.3 Å². The van der Waals surface area contributed by atoms with Gasteiger partial charge in [-0.2, -0.15) is 5.10 Å². The van der Waals surface area contributed by atoms with Crippen LogP contribution >= 0.6 is 11.6 Å². The molecule has 9 heteroatoms. The van der Waals surface area contributed by atoms with Gasteiger partial charge in [-0.25, -0.2) is 4.68 Å². The van der Waals surface area contributed by atoms with E-state index in [1.165, 1.54) is 19.0 Å². The number of rotatable bonds is 8. The third kappa shape index (κ3) is 4.19. The van der Waals surface area contributed by atoms with Crippen LogP contribution in [0.25, 0.3) is 0 Å². The van der Waals surface area contributed by atoms with Crippen LogP contribution in [0.1, 0.15) is 47.0 Å². The normalized spacial score (nSPS) is 27.6. The SMILES string of the molecule is CCC(NC(=O)Cn1ncc(NC[C@@H]2C[C@@H]3C[C@H]([C@H]2C)C3(C)C)c(Cl)c1=O)C(N)=O. The molecule has 0 aromatic carbocycles. The van der Waals surface area contributed by atoms with Crippen LogP contribution in [0.2, 0.25) is 5.02 Å². The van der Waals surface area contributed by atoms with Gasteiger partial charge in [-0.05, 0) is 48.3 Å². The second-order valence-electron chi connectivity index (χ2n) is 9.36. The molecule has 30 heavy (non-hydrogen) atoms. The Bertz CT molecular complexity index is 884. The molecule has 0 saturated heterocycles. The van der Waals surface area contributed by atoms with Crippen molar-refractivity contribution < 1.29 is 9.59 Å². The van der Waals surface area contributed by atoms with Gasteiger partial charge in [0.15, 0.2) is 0 Å². The lowest BCUT2D eigenvalue weighted by molar-refractivity contribution is -0.127. The second-order valence-corrected chi connectivity index (χ2v) is 9.74. The summed E-state index contributed by atoms with van der Waals surface area (Å²) >= 11 is 6.26. The third-order valence-corrected chi connectivity index (χ3v) is 7.80. The van der Waals surface area contributed by atoms with Gasteiger partial charge in [0.05, 0.1) is 11.9 Å². The number of amides is 2. The van der Waals surface area contributed by atoms with Gasteiger partial charge >= 0.3 is 0 Å². The molecular weight excluding hydrogens is 406 g/mol. The number of halogens is 1. The van der Waals surface area contributed by atoms with E-state index in [2.05, 4.69) is 36.5 Å². The summed E-state index contributed by atoms with van der Waals surface area (Å²) in [6.45, 7) is 9.20. The average molecular weight is 438 g/mol. The molecule has 1 aromatic heterocycles. The quantitative estimate of drug-likeness (QED) is 0.574. The zero-order valence-corrected chi connectivity index (χ0v) is 18.8. The van der Waals surface area contributed by atoms with Crippen LogP contribution in [0.15, 0.2) is 11.0 Å². The number of primary amides is 1. The minimum absolute atomic E-state index is 0.00805. The third-order valence-electron chi connectivity index (χ3n) is 7.43. The van der Waals surface area contributed by atoms with E-state index >= 15 is 0 Å². The van der Waals surface area contributed by atoms with Crippen LogP contribution in [-0.2, 0) is 16.1 Å². The molecule has 4 N–H and O–H groups in total. The smallest absolute Gasteiger partial charge is 0.288 e. The molecule has 1 heterocycles. The van der Waals surface area contributed by atoms with Gasteiger partial charge in [0.25, 0.3) is 5.56 Å². The number of hydrogen-bond donors (Lipinski definition) is 3. The van der Waals surface area contributed by atoms with Crippen LogP contribution in [0.4, 0.5) is 5.69 Å². The molecule has 0 spiro atoms. The van der Waals surface area contributed by atoms with E-state index in [1.807, 2.05) is 0 Å². The topological polar surface area (TPSA) is 119 Å². The van der Waals surface area contributed by atoms with Gasteiger partial charge in [-0.3, -0.25) is 14.4 Å². The van der Waals surface area contributed by atoms with Gasteiger partial charge in [-0.15, -0.1) is 0 Å². The van der Waals surface area contributed by atoms with Crippen molar-refractivity contribution in [3.63, 3.8) is 0 Å². The molecule has 8 nitrogen and oxygen atoms in total. The molecule has 2 amide bonds. The Morgan fingerprint density at radius 1 is 1.40 bits per heavy atom. The van der Waals surface area contributed by atoms with E-state index in [-0.39, 0.29) is 11.6 Å². The predicted molar refractivity (Wildman–Crippen MR) is 116 cm³/mol. The van der Waals surface area contributed by atoms with Crippen molar-refractivity contribution in [2.24, 2.45) is 34.8 Å². The molecule has 166 valence electrons. The Balaban J connectivity index is 1.61. The minimum Gasteiger partial charge on any atom is -0.382 e. The van der Waals surface area contributed by atoms with Crippen molar-refractivity contribution in [2.45, 2.75) is 59.5 Å². The summed E-state index contributed by atoms with van der Waals surface area (Å²) in [4.78, 5) is 35.9. The molecule has 0 radical (unpaired) electrons. The molecule has 3 aliphatic carbocycles. The number of aromatic nitrogens is 2. The molecule has 2 bridgehead atoms. The summed E-state index contributed by atoms with van der Waals surface area (Å²) in [5, 5.41) is 9.86. The Hall–Kier alpha value is -2.09. The number of nitrogens with one attached hydrogen (secondary N) is 2. The Labute approximate surface area is 181 Å². The number of nitrogens with zero attached hydrogens (tertiary/aromatic N) is 2. The standard InChI is InChI=1S/C21H32ClN5O3/c1-5-15(19(23)29)26-17(28)10-27-20(30)18(22)16(9-25-27)24-8-12-6-13-7-14(11(12)2)21(13,3)4/h9,11-15,24H,5-8,10H2,1-4H3,(H2,23,29)(H,26,28)/t11-,12-,13+,14+,15?/m0/s1. The van der Waals surface area contributed by atoms with Gasteiger partial charge in [0.1, 0.15) is 17.6 Å². The average Bonchev–Trinajstić information content (AvgIpc) is 2.69. The molecular formula is C21H32ClN5O3. The van der Waals surface area contributed by atoms with Crippen LogP contribution in [-0.4, -0.2) is 34.2 Å². The van der Waals surface area contributed by atoms with Crippen LogP contribution in [0.5, 0.6) is 0 Å². The summed E-state index contributed by atoms with van der Waals surface area (Å²) in [5.41, 5.74) is 5.59. The van der Waals surface area contributed by atoms with Crippen molar-refractivity contribution >= 4 is 29.1 Å². The molecule has 0 aliphatic heterocycles. The Kier molecular flexibility index (Phi) is 6.45. The summed E-state index contributed by atoms with van der Waals surface area (Å²) < 4.78 is 0.984. The van der Waals surface area contributed by atoms with E-state index in [4.69, 9.17) is 17.3 Å². The maximum atomic E-state index is 12.5. The highest BCUT2D eigenvalue weighted by atomic mass is 35.5. The van der Waals surface area contributed by atoms with Crippen molar-refractivity contribution in [3.8, 4) is 0 Å². The van der Waals surface area contributed by atoms with Crippen molar-refractivity contribution in [2.75, 3.05) is 11.9 Å². The predicted octanol–water partition coefficient (Wildman–Crippen LogP) is 2.01. The molecule has 4 rings (SSSR count). The van der Waals surface area contributed by atoms with Gasteiger partial charge < -0.3 is 16.4 Å². The lowest BCUT2D eigenvalue weighted by atomic mass is 9.43. The van der Waals surface area contributed by atoms with Crippen LogP contribution in [0.3, 0.4) is 0 Å². The van der Waals surface area contributed by atoms with Crippen LogP contribution in [0, 0.1) is 29.1 Å². The van der Waals surface area contributed by atoms with E-state index in [0.717, 1.165) is 23.1 Å². The monoisotopic (exact) mass is 437 g/mol. The lowest BCUT2D eigenvalue weighted by Crippen LogP contribution is -2.55. The number of carbonyl (C=O) groups is 2. The highest BCUT2D eigenvalue weighted by Gasteiger charge is 2.55. The molecule has 5 atom stereocenters. The summed E-state index contributed by atoms with van der Waals surface area (Å²) in [5.74, 6) is 1.51. The maximum absolute atomic E-state index is 12.5. The Morgan fingerprint density at radius 3 is 2.67 bits per heavy atom. The molecule has 3 aliphatic rings. The number of fused-ring (bicyclic) bond motifs is 2. The first kappa shape index (κ1) is 22.6.